The average molecular weight is 371 g/mol. The summed E-state index contributed by atoms with van der Waals surface area (Å²) in [5.74, 6) is -1.13. The summed E-state index contributed by atoms with van der Waals surface area (Å²) >= 11 is 0. The predicted octanol–water partition coefficient (Wildman–Crippen LogP) is 3.63. The number of nitrogens with two attached hydrogens (primary N) is 1. The number of para-hydroxylation sites is 1. The van der Waals surface area contributed by atoms with E-state index in [-0.39, 0.29) is 17.4 Å². The van der Waals surface area contributed by atoms with E-state index in [9.17, 15) is 14.4 Å². The number of hydrogen-bond acceptors (Lipinski definition) is 4. The van der Waals surface area contributed by atoms with Crippen LogP contribution in [-0.4, -0.2) is 17.7 Å². The number of fused-ring (bicyclic) bond motifs is 1. The summed E-state index contributed by atoms with van der Waals surface area (Å²) in [7, 11) is 0. The molecule has 28 heavy (non-hydrogen) atoms. The number of anilines is 3. The first kappa shape index (κ1) is 17.5. The van der Waals surface area contributed by atoms with Crippen LogP contribution in [0.4, 0.5) is 17.1 Å². The van der Waals surface area contributed by atoms with Crippen molar-refractivity contribution >= 4 is 34.8 Å². The number of aryl methyl sites for hydroxylation is 1. The highest BCUT2D eigenvalue weighted by atomic mass is 16.2. The lowest BCUT2D eigenvalue weighted by molar-refractivity contribution is 0.0924. The Morgan fingerprint density at radius 1 is 0.893 bits per heavy atom. The topological polar surface area (TPSA) is 92.5 Å². The summed E-state index contributed by atoms with van der Waals surface area (Å²) in [5, 5.41) is 2.74. The fourth-order valence-electron chi connectivity index (χ4n) is 3.23. The summed E-state index contributed by atoms with van der Waals surface area (Å²) in [4.78, 5) is 39.2. The zero-order valence-electron chi connectivity index (χ0n) is 15.1. The molecule has 0 atom stereocenters. The lowest BCUT2D eigenvalue weighted by atomic mass is 10.1. The molecule has 3 amide bonds. The van der Waals surface area contributed by atoms with Gasteiger partial charge in [-0.3, -0.25) is 14.4 Å². The molecule has 6 heteroatoms. The van der Waals surface area contributed by atoms with Crippen molar-refractivity contribution in [2.24, 2.45) is 0 Å². The third kappa shape index (κ3) is 2.91. The first-order chi connectivity index (χ1) is 13.5. The van der Waals surface area contributed by atoms with E-state index in [2.05, 4.69) is 5.32 Å². The van der Waals surface area contributed by atoms with Crippen LogP contribution in [0.25, 0.3) is 0 Å². The minimum Gasteiger partial charge on any atom is -0.399 e. The minimum atomic E-state index is -0.408. The normalized spacial score (nSPS) is 12.8. The van der Waals surface area contributed by atoms with Crippen LogP contribution in [0.5, 0.6) is 0 Å². The highest BCUT2D eigenvalue weighted by Crippen LogP contribution is 2.32. The molecule has 3 aromatic carbocycles. The molecule has 0 spiro atoms. The van der Waals surface area contributed by atoms with Crippen molar-refractivity contribution in [3.05, 3.63) is 89.0 Å². The van der Waals surface area contributed by atoms with E-state index in [0.29, 0.717) is 28.2 Å². The Balaban J connectivity index is 1.64. The maximum Gasteiger partial charge on any atom is 0.266 e. The van der Waals surface area contributed by atoms with Crippen molar-refractivity contribution in [1.29, 1.82) is 0 Å². The van der Waals surface area contributed by atoms with Gasteiger partial charge in [0, 0.05) is 16.9 Å². The number of carbonyl (C=O) groups is 3. The first-order valence-corrected chi connectivity index (χ1v) is 8.71. The zero-order chi connectivity index (χ0) is 19.8. The van der Waals surface area contributed by atoms with Gasteiger partial charge in [0.15, 0.2) is 0 Å². The maximum absolute atomic E-state index is 12.9. The number of imide groups is 1. The third-order valence-corrected chi connectivity index (χ3v) is 4.65. The van der Waals surface area contributed by atoms with Gasteiger partial charge in [0.25, 0.3) is 17.7 Å². The Morgan fingerprint density at radius 2 is 1.64 bits per heavy atom. The van der Waals surface area contributed by atoms with E-state index in [1.54, 1.807) is 48.5 Å². The van der Waals surface area contributed by atoms with Gasteiger partial charge in [0.1, 0.15) is 0 Å². The minimum absolute atomic E-state index is 0.263. The van der Waals surface area contributed by atoms with Gasteiger partial charge in [-0.1, -0.05) is 24.3 Å². The highest BCUT2D eigenvalue weighted by Gasteiger charge is 2.37. The standard InChI is InChI=1S/C22H17N3O3/c1-13-5-2-3-8-19(13)25-21(27)17-10-9-16(12-18(17)22(25)28)24-20(26)14-6-4-7-15(23)11-14/h2-12H,23H2,1H3,(H,24,26). The molecule has 0 aromatic heterocycles. The lowest BCUT2D eigenvalue weighted by Crippen LogP contribution is -2.29. The van der Waals surface area contributed by atoms with Crippen molar-refractivity contribution < 1.29 is 14.4 Å². The molecule has 3 aromatic rings. The van der Waals surface area contributed by atoms with Crippen LogP contribution in [0.2, 0.25) is 0 Å². The van der Waals surface area contributed by atoms with Crippen LogP contribution in [0, 0.1) is 6.92 Å². The van der Waals surface area contributed by atoms with Gasteiger partial charge in [-0.15, -0.1) is 0 Å². The van der Waals surface area contributed by atoms with Crippen LogP contribution in [0.3, 0.4) is 0 Å². The van der Waals surface area contributed by atoms with Gasteiger partial charge in [-0.2, -0.15) is 0 Å². The van der Waals surface area contributed by atoms with Gasteiger partial charge in [0.2, 0.25) is 0 Å². The Hall–Kier alpha value is -3.93. The highest BCUT2D eigenvalue weighted by molar-refractivity contribution is 6.35. The third-order valence-electron chi connectivity index (χ3n) is 4.65. The van der Waals surface area contributed by atoms with E-state index in [0.717, 1.165) is 5.56 Å². The van der Waals surface area contributed by atoms with Crippen molar-refractivity contribution in [1.82, 2.24) is 0 Å². The summed E-state index contributed by atoms with van der Waals surface area (Å²) in [6, 6.07) is 18.5. The molecule has 1 aliphatic heterocycles. The number of nitrogens with one attached hydrogen (secondary N) is 1. The van der Waals surface area contributed by atoms with Crippen molar-refractivity contribution in [2.75, 3.05) is 16.0 Å². The van der Waals surface area contributed by atoms with Crippen LogP contribution in [0.1, 0.15) is 36.6 Å². The molecule has 6 nitrogen and oxygen atoms in total. The quantitative estimate of drug-likeness (QED) is 0.543. The molecule has 0 aliphatic carbocycles. The summed E-state index contributed by atoms with van der Waals surface area (Å²) in [5.41, 5.74) is 8.99. The van der Waals surface area contributed by atoms with E-state index >= 15 is 0 Å². The summed E-state index contributed by atoms with van der Waals surface area (Å²) in [6.07, 6.45) is 0. The monoisotopic (exact) mass is 371 g/mol. The Morgan fingerprint density at radius 3 is 2.39 bits per heavy atom. The van der Waals surface area contributed by atoms with E-state index < -0.39 is 5.91 Å². The Bertz CT molecular complexity index is 1140. The fourth-order valence-corrected chi connectivity index (χ4v) is 3.23. The van der Waals surface area contributed by atoms with Crippen molar-refractivity contribution in [2.45, 2.75) is 6.92 Å². The second-order valence-electron chi connectivity index (χ2n) is 6.57. The van der Waals surface area contributed by atoms with Crippen molar-refractivity contribution in [3.63, 3.8) is 0 Å². The van der Waals surface area contributed by atoms with Gasteiger partial charge < -0.3 is 11.1 Å². The smallest absolute Gasteiger partial charge is 0.266 e. The summed E-state index contributed by atoms with van der Waals surface area (Å²) in [6.45, 7) is 1.84. The average Bonchev–Trinajstić information content (AvgIpc) is 2.92. The molecule has 4 rings (SSSR count). The van der Waals surface area contributed by atoms with Gasteiger partial charge >= 0.3 is 0 Å². The number of hydrogen-bond donors (Lipinski definition) is 2. The van der Waals surface area contributed by atoms with E-state index in [1.165, 1.54) is 11.0 Å². The number of nitrogen functional groups attached to an aromatic ring is 1. The number of nitrogens with zero attached hydrogens (tertiary/aromatic N) is 1. The summed E-state index contributed by atoms with van der Waals surface area (Å²) < 4.78 is 0. The molecule has 138 valence electrons. The second-order valence-corrected chi connectivity index (χ2v) is 6.57. The number of rotatable bonds is 3. The largest absolute Gasteiger partial charge is 0.399 e. The van der Waals surface area contributed by atoms with Gasteiger partial charge in [0.05, 0.1) is 16.8 Å². The van der Waals surface area contributed by atoms with E-state index in [1.807, 2.05) is 19.1 Å². The molecule has 0 saturated heterocycles. The number of amides is 3. The molecular weight excluding hydrogens is 354 g/mol. The van der Waals surface area contributed by atoms with Crippen molar-refractivity contribution in [3.8, 4) is 0 Å². The molecule has 3 N–H and O–H groups in total. The van der Waals surface area contributed by atoms with Gasteiger partial charge in [-0.25, -0.2) is 4.90 Å². The number of carbonyl (C=O) groups excluding carboxylic acids is 3. The Labute approximate surface area is 161 Å². The van der Waals surface area contributed by atoms with Crippen LogP contribution >= 0.6 is 0 Å². The first-order valence-electron chi connectivity index (χ1n) is 8.71. The van der Waals surface area contributed by atoms with Crippen LogP contribution in [-0.2, 0) is 0 Å². The Kier molecular flexibility index (Phi) is 4.16. The van der Waals surface area contributed by atoms with E-state index in [4.69, 9.17) is 5.73 Å². The number of benzene rings is 3. The van der Waals surface area contributed by atoms with Crippen LogP contribution in [0.15, 0.2) is 66.7 Å². The molecule has 0 unspecified atom stereocenters. The molecule has 1 aliphatic rings. The molecule has 0 fully saturated rings. The molecule has 1 heterocycles. The fraction of sp³-hybridized carbons (Fsp3) is 0.0455. The molecule has 0 bridgehead atoms. The zero-order valence-corrected chi connectivity index (χ0v) is 15.1. The van der Waals surface area contributed by atoms with Gasteiger partial charge in [-0.05, 0) is 55.0 Å². The SMILES string of the molecule is Cc1ccccc1N1C(=O)c2ccc(NC(=O)c3cccc(N)c3)cc2C1=O. The lowest BCUT2D eigenvalue weighted by Gasteiger charge is -2.16. The molecular formula is C22H17N3O3. The predicted molar refractivity (Wildman–Crippen MR) is 108 cm³/mol. The second kappa shape index (κ2) is 6.66. The van der Waals surface area contributed by atoms with Crippen LogP contribution < -0.4 is 16.0 Å². The maximum atomic E-state index is 12.9. The molecule has 0 radical (unpaired) electrons. The molecule has 0 saturated carbocycles.